The molecule has 5 nitrogen and oxygen atoms in total. The highest BCUT2D eigenvalue weighted by Gasteiger charge is 2.52. The fourth-order valence-corrected chi connectivity index (χ4v) is 4.47. The third-order valence-electron chi connectivity index (χ3n) is 4.90. The number of halogens is 1. The molecule has 1 saturated heterocycles. The summed E-state index contributed by atoms with van der Waals surface area (Å²) in [6.07, 6.45) is 0.290. The lowest BCUT2D eigenvalue weighted by molar-refractivity contribution is -0.131. The smallest absolute Gasteiger partial charge is 0.319 e. The van der Waals surface area contributed by atoms with Crippen LogP contribution in [0.1, 0.15) is 20.8 Å². The summed E-state index contributed by atoms with van der Waals surface area (Å²) in [5, 5.41) is 2.86. The molecule has 146 valence electrons. The monoisotopic (exact) mass is 424 g/mol. The molecule has 3 aromatic rings. The van der Waals surface area contributed by atoms with E-state index in [0.717, 1.165) is 21.8 Å². The summed E-state index contributed by atoms with van der Waals surface area (Å²) in [6, 6.07) is 21.2. The maximum absolute atomic E-state index is 13.5. The van der Waals surface area contributed by atoms with Crippen molar-refractivity contribution >= 4 is 40.7 Å². The molecule has 4 rings (SSSR count). The number of urea groups is 1. The molecule has 0 aliphatic carbocycles. The first-order valence-corrected chi connectivity index (χ1v) is 10.2. The maximum atomic E-state index is 13.5. The van der Waals surface area contributed by atoms with Gasteiger partial charge in [0, 0.05) is 6.42 Å². The summed E-state index contributed by atoms with van der Waals surface area (Å²) >= 11 is 7.03. The molecule has 2 aromatic carbocycles. The van der Waals surface area contributed by atoms with Gasteiger partial charge in [0.15, 0.2) is 11.3 Å². The second-order valence-corrected chi connectivity index (χ2v) is 8.50. The standard InChI is InChI=1S/C22H17ClN2O3S/c23-19-12-11-18(29-19)17(26)14-25-20(27)22(24-21(25)28,16-9-5-2-6-10-16)13-15-7-3-1-4-8-15/h1-12H,13-14H2,(H,24,28). The molecule has 0 saturated carbocycles. The van der Waals surface area contributed by atoms with Crippen molar-refractivity contribution in [3.05, 3.63) is 93.1 Å². The molecule has 7 heteroatoms. The van der Waals surface area contributed by atoms with Crippen molar-refractivity contribution in [3.63, 3.8) is 0 Å². The summed E-state index contributed by atoms with van der Waals surface area (Å²) in [7, 11) is 0. The van der Waals surface area contributed by atoms with Crippen LogP contribution in [0.2, 0.25) is 4.34 Å². The van der Waals surface area contributed by atoms with Crippen LogP contribution in [0.15, 0.2) is 72.8 Å². The molecule has 3 amide bonds. The molecule has 1 N–H and O–H groups in total. The predicted molar refractivity (Wildman–Crippen MR) is 112 cm³/mol. The largest absolute Gasteiger partial charge is 0.325 e. The first-order chi connectivity index (χ1) is 14.0. The van der Waals surface area contributed by atoms with Crippen LogP contribution >= 0.6 is 22.9 Å². The summed E-state index contributed by atoms with van der Waals surface area (Å²) < 4.78 is 0.480. The lowest BCUT2D eigenvalue weighted by Crippen LogP contribution is -2.46. The van der Waals surface area contributed by atoms with Crippen LogP contribution in [0.3, 0.4) is 0 Å². The maximum Gasteiger partial charge on any atom is 0.325 e. The number of rotatable bonds is 6. The SMILES string of the molecule is O=C(CN1C(=O)NC(Cc2ccccc2)(c2ccccc2)C1=O)c1ccc(Cl)s1. The Morgan fingerprint density at radius 3 is 2.24 bits per heavy atom. The number of hydrogen-bond acceptors (Lipinski definition) is 4. The third-order valence-corrected chi connectivity index (χ3v) is 6.18. The predicted octanol–water partition coefficient (Wildman–Crippen LogP) is 4.27. The van der Waals surface area contributed by atoms with E-state index in [0.29, 0.717) is 14.8 Å². The van der Waals surface area contributed by atoms with E-state index >= 15 is 0 Å². The number of ketones is 1. The van der Waals surface area contributed by atoms with Gasteiger partial charge in [-0.25, -0.2) is 4.79 Å². The minimum atomic E-state index is -1.26. The van der Waals surface area contributed by atoms with Crippen LogP contribution in [-0.4, -0.2) is 29.2 Å². The van der Waals surface area contributed by atoms with Crippen molar-refractivity contribution < 1.29 is 14.4 Å². The van der Waals surface area contributed by atoms with E-state index in [1.807, 2.05) is 60.7 Å². The number of hydrogen-bond donors (Lipinski definition) is 1. The van der Waals surface area contributed by atoms with Crippen LogP contribution in [0, 0.1) is 0 Å². The van der Waals surface area contributed by atoms with Crippen LogP contribution in [0.5, 0.6) is 0 Å². The summed E-state index contributed by atoms with van der Waals surface area (Å²) in [4.78, 5) is 40.2. The Labute approximate surface area is 176 Å². The molecule has 29 heavy (non-hydrogen) atoms. The van der Waals surface area contributed by atoms with Crippen molar-refractivity contribution in [1.29, 1.82) is 0 Å². The molecule has 0 bridgehead atoms. The number of thiophene rings is 1. The fraction of sp³-hybridized carbons (Fsp3) is 0.136. The molecule has 1 aromatic heterocycles. The van der Waals surface area contributed by atoms with Gasteiger partial charge in [-0.05, 0) is 23.3 Å². The second-order valence-electron chi connectivity index (χ2n) is 6.78. The highest BCUT2D eigenvalue weighted by Crippen LogP contribution is 2.33. The summed E-state index contributed by atoms with van der Waals surface area (Å²) in [5.74, 6) is -0.762. The van der Waals surface area contributed by atoms with Crippen molar-refractivity contribution in [1.82, 2.24) is 10.2 Å². The second kappa shape index (κ2) is 7.81. The Morgan fingerprint density at radius 1 is 0.966 bits per heavy atom. The van der Waals surface area contributed by atoms with E-state index < -0.39 is 17.5 Å². The van der Waals surface area contributed by atoms with Gasteiger partial charge in [-0.15, -0.1) is 11.3 Å². The molecule has 1 unspecified atom stereocenters. The van der Waals surface area contributed by atoms with Gasteiger partial charge in [0.1, 0.15) is 0 Å². The number of carbonyl (C=O) groups excluding carboxylic acids is 3. The Bertz CT molecular complexity index is 1070. The van der Waals surface area contributed by atoms with Crippen LogP contribution in [0.25, 0.3) is 0 Å². The highest BCUT2D eigenvalue weighted by atomic mass is 35.5. The van der Waals surface area contributed by atoms with Gasteiger partial charge >= 0.3 is 6.03 Å². The van der Waals surface area contributed by atoms with Crippen molar-refractivity contribution in [2.45, 2.75) is 12.0 Å². The quantitative estimate of drug-likeness (QED) is 0.474. The van der Waals surface area contributed by atoms with Gasteiger partial charge in [0.05, 0.1) is 15.8 Å². The number of imide groups is 1. The minimum Gasteiger partial charge on any atom is -0.319 e. The van der Waals surface area contributed by atoms with Gasteiger partial charge < -0.3 is 5.32 Å². The first kappa shape index (κ1) is 19.4. The Morgan fingerprint density at radius 2 is 1.62 bits per heavy atom. The van der Waals surface area contributed by atoms with E-state index in [-0.39, 0.29) is 18.7 Å². The Kier molecular flexibility index (Phi) is 5.22. The zero-order chi connectivity index (χ0) is 20.4. The van der Waals surface area contributed by atoms with Crippen LogP contribution in [0.4, 0.5) is 4.79 Å². The zero-order valence-corrected chi connectivity index (χ0v) is 16.9. The molecule has 1 atom stereocenters. The van der Waals surface area contributed by atoms with E-state index in [4.69, 9.17) is 11.6 Å². The van der Waals surface area contributed by atoms with E-state index in [9.17, 15) is 14.4 Å². The number of amides is 3. The van der Waals surface area contributed by atoms with Gasteiger partial charge in [0.2, 0.25) is 0 Å². The molecule has 1 aliphatic rings. The van der Waals surface area contributed by atoms with E-state index in [1.165, 1.54) is 0 Å². The molecule has 1 fully saturated rings. The summed E-state index contributed by atoms with van der Waals surface area (Å²) in [6.45, 7) is -0.328. The molecular weight excluding hydrogens is 408 g/mol. The van der Waals surface area contributed by atoms with Crippen molar-refractivity contribution in [2.75, 3.05) is 6.54 Å². The lowest BCUT2D eigenvalue weighted by atomic mass is 9.83. The summed E-state index contributed by atoms with van der Waals surface area (Å²) in [5.41, 5.74) is 0.326. The number of Topliss-reactive ketones (excluding diaryl/α,β-unsaturated/α-hetero) is 1. The Hall–Kier alpha value is -2.96. The fourth-order valence-electron chi connectivity index (χ4n) is 3.50. The molecule has 0 spiro atoms. The average molecular weight is 425 g/mol. The topological polar surface area (TPSA) is 66.5 Å². The number of benzene rings is 2. The molecular formula is C22H17ClN2O3S. The van der Waals surface area contributed by atoms with Gasteiger partial charge in [-0.3, -0.25) is 14.5 Å². The van der Waals surface area contributed by atoms with E-state index in [2.05, 4.69) is 5.32 Å². The first-order valence-electron chi connectivity index (χ1n) is 9.02. The molecule has 0 radical (unpaired) electrons. The van der Waals surface area contributed by atoms with Crippen molar-refractivity contribution in [3.8, 4) is 0 Å². The number of carbonyl (C=O) groups is 3. The third kappa shape index (κ3) is 3.69. The van der Waals surface area contributed by atoms with Crippen molar-refractivity contribution in [2.24, 2.45) is 0 Å². The molecule has 1 aliphatic heterocycles. The van der Waals surface area contributed by atoms with Gasteiger partial charge in [-0.1, -0.05) is 72.3 Å². The Balaban J connectivity index is 1.68. The highest BCUT2D eigenvalue weighted by molar-refractivity contribution is 7.18. The van der Waals surface area contributed by atoms with Gasteiger partial charge in [0.25, 0.3) is 5.91 Å². The van der Waals surface area contributed by atoms with Crippen LogP contribution < -0.4 is 5.32 Å². The minimum absolute atomic E-state index is 0.290. The zero-order valence-electron chi connectivity index (χ0n) is 15.3. The number of nitrogens with zero attached hydrogens (tertiary/aromatic N) is 1. The molecule has 2 heterocycles. The number of nitrogens with one attached hydrogen (secondary N) is 1. The van der Waals surface area contributed by atoms with E-state index in [1.54, 1.807) is 12.1 Å². The van der Waals surface area contributed by atoms with Crippen LogP contribution in [-0.2, 0) is 16.8 Å². The lowest BCUT2D eigenvalue weighted by Gasteiger charge is -2.27. The van der Waals surface area contributed by atoms with Gasteiger partial charge in [-0.2, -0.15) is 0 Å². The average Bonchev–Trinajstić information content (AvgIpc) is 3.27. The normalized spacial score (nSPS) is 18.7.